The highest BCUT2D eigenvalue weighted by Crippen LogP contribution is 2.30. The lowest BCUT2D eigenvalue weighted by molar-refractivity contribution is -0.141. The quantitative estimate of drug-likeness (QED) is 0.639. The van der Waals surface area contributed by atoms with Gasteiger partial charge < -0.3 is 5.32 Å². The maximum absolute atomic E-state index is 14.3. The summed E-state index contributed by atoms with van der Waals surface area (Å²) in [6, 6.07) is 5.66. The summed E-state index contributed by atoms with van der Waals surface area (Å²) in [7, 11) is 0. The summed E-state index contributed by atoms with van der Waals surface area (Å²) in [4.78, 5) is 27.2. The minimum absolute atomic E-state index is 0.0378. The maximum Gasteiger partial charge on any atom is 0.433 e. The van der Waals surface area contributed by atoms with Gasteiger partial charge in [-0.1, -0.05) is 6.07 Å². The van der Waals surface area contributed by atoms with E-state index in [0.29, 0.717) is 6.07 Å². The molecular formula is C18H10F7N3O2. The maximum atomic E-state index is 14.3. The highest BCUT2D eigenvalue weighted by Gasteiger charge is 2.34. The predicted molar refractivity (Wildman–Crippen MR) is 90.2 cm³/mol. The number of aromatic nitrogens is 2. The molecule has 0 aliphatic rings. The Morgan fingerprint density at radius 2 is 1.77 bits per heavy atom. The van der Waals surface area contributed by atoms with Crippen LogP contribution in [0.15, 0.2) is 47.4 Å². The van der Waals surface area contributed by atoms with Gasteiger partial charge in [-0.2, -0.15) is 26.3 Å². The monoisotopic (exact) mass is 433 g/mol. The highest BCUT2D eigenvalue weighted by molar-refractivity contribution is 5.95. The van der Waals surface area contributed by atoms with Crippen LogP contribution < -0.4 is 10.9 Å². The molecule has 158 valence electrons. The Bertz CT molecular complexity index is 1180. The van der Waals surface area contributed by atoms with Crippen LogP contribution in [0.5, 0.6) is 0 Å². The predicted octanol–water partition coefficient (Wildman–Crippen LogP) is 3.81. The number of halogens is 7. The largest absolute Gasteiger partial charge is 0.433 e. The number of carbonyl (C=O) groups excluding carboxylic acids is 1. The second-order valence-corrected chi connectivity index (χ2v) is 6.09. The molecule has 0 radical (unpaired) electrons. The van der Waals surface area contributed by atoms with Crippen molar-refractivity contribution in [1.29, 1.82) is 0 Å². The van der Waals surface area contributed by atoms with Crippen molar-refractivity contribution in [1.82, 2.24) is 14.7 Å². The van der Waals surface area contributed by atoms with Crippen molar-refractivity contribution in [3.8, 4) is 11.1 Å². The first-order valence-corrected chi connectivity index (χ1v) is 8.11. The van der Waals surface area contributed by atoms with Crippen LogP contribution >= 0.6 is 0 Å². The summed E-state index contributed by atoms with van der Waals surface area (Å²) in [6.07, 6.45) is -8.42. The van der Waals surface area contributed by atoms with E-state index < -0.39 is 53.1 Å². The Balaban J connectivity index is 2.06. The summed E-state index contributed by atoms with van der Waals surface area (Å²) < 4.78 is 90.7. The summed E-state index contributed by atoms with van der Waals surface area (Å²) in [5.74, 6) is -2.52. The number of alkyl halides is 6. The van der Waals surface area contributed by atoms with Crippen LogP contribution in [0, 0.1) is 5.82 Å². The molecule has 2 heterocycles. The second kappa shape index (κ2) is 7.43. The first-order valence-electron chi connectivity index (χ1n) is 8.11. The Labute approximate surface area is 162 Å². The van der Waals surface area contributed by atoms with Crippen LogP contribution in [0.3, 0.4) is 0 Å². The minimum atomic E-state index is -4.90. The fourth-order valence-electron chi connectivity index (χ4n) is 2.64. The van der Waals surface area contributed by atoms with Gasteiger partial charge in [0, 0.05) is 17.8 Å². The lowest BCUT2D eigenvalue weighted by Crippen LogP contribution is -2.34. The van der Waals surface area contributed by atoms with Gasteiger partial charge in [-0.05, 0) is 29.8 Å². The van der Waals surface area contributed by atoms with Crippen LogP contribution in [-0.4, -0.2) is 28.0 Å². The topological polar surface area (TPSA) is 63.5 Å². The molecule has 12 heteroatoms. The number of amides is 1. The van der Waals surface area contributed by atoms with Gasteiger partial charge in [0.2, 0.25) is 0 Å². The van der Waals surface area contributed by atoms with E-state index in [1.807, 2.05) is 0 Å². The van der Waals surface area contributed by atoms with Crippen molar-refractivity contribution in [2.24, 2.45) is 0 Å². The number of carbonyl (C=O) groups is 1. The number of nitrogens with one attached hydrogen (secondary N) is 1. The molecule has 5 nitrogen and oxygen atoms in total. The average Bonchev–Trinajstić information content (AvgIpc) is 2.64. The number of hydrogen-bond donors (Lipinski definition) is 1. The van der Waals surface area contributed by atoms with Crippen LogP contribution in [0.2, 0.25) is 0 Å². The number of hydrogen-bond acceptors (Lipinski definition) is 3. The number of rotatable bonds is 3. The molecule has 3 aromatic rings. The Morgan fingerprint density at radius 3 is 2.37 bits per heavy atom. The van der Waals surface area contributed by atoms with E-state index in [4.69, 9.17) is 0 Å². The third-order valence-electron chi connectivity index (χ3n) is 3.96. The van der Waals surface area contributed by atoms with E-state index in [9.17, 15) is 40.3 Å². The van der Waals surface area contributed by atoms with E-state index in [1.165, 1.54) is 23.6 Å². The van der Waals surface area contributed by atoms with Gasteiger partial charge in [0.1, 0.15) is 18.0 Å². The molecule has 0 bridgehead atoms. The zero-order chi connectivity index (χ0) is 22.3. The molecule has 0 aliphatic carbocycles. The lowest BCUT2D eigenvalue weighted by atomic mass is 10.0. The Hall–Kier alpha value is -3.44. The van der Waals surface area contributed by atoms with Crippen LogP contribution in [0.4, 0.5) is 30.7 Å². The molecule has 2 aromatic heterocycles. The molecule has 0 saturated heterocycles. The zero-order valence-electron chi connectivity index (χ0n) is 14.6. The molecule has 0 aliphatic heterocycles. The molecule has 0 spiro atoms. The smallest absolute Gasteiger partial charge is 0.343 e. The van der Waals surface area contributed by atoms with Crippen LogP contribution in [0.1, 0.15) is 16.1 Å². The fourth-order valence-corrected chi connectivity index (χ4v) is 2.64. The molecule has 1 aromatic carbocycles. The number of nitrogens with zero attached hydrogens (tertiary/aromatic N) is 2. The van der Waals surface area contributed by atoms with Gasteiger partial charge in [0.05, 0.1) is 5.56 Å². The number of pyridine rings is 1. The van der Waals surface area contributed by atoms with Crippen LogP contribution in [0.25, 0.3) is 16.8 Å². The Morgan fingerprint density at radius 1 is 1.07 bits per heavy atom. The van der Waals surface area contributed by atoms with E-state index in [1.54, 1.807) is 0 Å². The van der Waals surface area contributed by atoms with E-state index in [-0.39, 0.29) is 11.1 Å². The molecule has 0 saturated carbocycles. The van der Waals surface area contributed by atoms with E-state index >= 15 is 0 Å². The van der Waals surface area contributed by atoms with E-state index in [2.05, 4.69) is 4.98 Å². The minimum Gasteiger partial charge on any atom is -0.343 e. The molecule has 3 rings (SSSR count). The van der Waals surface area contributed by atoms with Crippen molar-refractivity contribution in [2.45, 2.75) is 12.4 Å². The first-order chi connectivity index (χ1) is 13.9. The van der Waals surface area contributed by atoms with E-state index in [0.717, 1.165) is 22.6 Å². The zero-order valence-corrected chi connectivity index (χ0v) is 14.6. The summed E-state index contributed by atoms with van der Waals surface area (Å²) in [5.41, 5.74) is -3.65. The van der Waals surface area contributed by atoms with Crippen molar-refractivity contribution < 1.29 is 35.5 Å². The highest BCUT2D eigenvalue weighted by atomic mass is 19.4. The van der Waals surface area contributed by atoms with Gasteiger partial charge in [0.15, 0.2) is 5.69 Å². The normalized spacial score (nSPS) is 12.2. The molecule has 0 fully saturated rings. The third-order valence-corrected chi connectivity index (χ3v) is 3.96. The third kappa shape index (κ3) is 4.42. The molecule has 0 atom stereocenters. The van der Waals surface area contributed by atoms with Crippen molar-refractivity contribution in [3.05, 3.63) is 70.0 Å². The van der Waals surface area contributed by atoms with Gasteiger partial charge in [0.25, 0.3) is 11.5 Å². The number of fused-ring (bicyclic) bond motifs is 1. The summed E-state index contributed by atoms with van der Waals surface area (Å²) in [5, 5.41) is 1.51. The van der Waals surface area contributed by atoms with Gasteiger partial charge in [-0.15, -0.1) is 0 Å². The molecular weight excluding hydrogens is 423 g/mol. The first kappa shape index (κ1) is 21.3. The standard InChI is InChI=1S/C18H10F7N3O2/c19-12-6-9(3-4-11(12)16(30)26-8-17(20,21)22)10-2-1-5-28-14(29)7-13(18(23,24)25)27-15(10)28/h1-7H,8H2,(H,26,30). The fraction of sp³-hybridized carbons (Fsp3) is 0.167. The Kier molecular flexibility index (Phi) is 5.27. The van der Waals surface area contributed by atoms with Crippen molar-refractivity contribution in [3.63, 3.8) is 0 Å². The van der Waals surface area contributed by atoms with Crippen LogP contribution in [-0.2, 0) is 6.18 Å². The van der Waals surface area contributed by atoms with Crippen molar-refractivity contribution >= 4 is 11.6 Å². The molecule has 1 N–H and O–H groups in total. The lowest BCUT2D eigenvalue weighted by Gasteiger charge is -2.12. The molecule has 30 heavy (non-hydrogen) atoms. The SMILES string of the molecule is O=C(NCC(F)(F)F)c1ccc(-c2cccn3c(=O)cc(C(F)(F)F)nc23)cc1F. The van der Waals surface area contributed by atoms with Gasteiger partial charge >= 0.3 is 12.4 Å². The second-order valence-electron chi connectivity index (χ2n) is 6.09. The van der Waals surface area contributed by atoms with Gasteiger partial charge in [-0.25, -0.2) is 9.37 Å². The molecule has 1 amide bonds. The summed E-state index contributed by atoms with van der Waals surface area (Å²) >= 11 is 0. The summed E-state index contributed by atoms with van der Waals surface area (Å²) in [6.45, 7) is -1.66. The average molecular weight is 433 g/mol. The van der Waals surface area contributed by atoms with Gasteiger partial charge in [-0.3, -0.25) is 14.0 Å². The number of benzene rings is 1. The van der Waals surface area contributed by atoms with Crippen molar-refractivity contribution in [2.75, 3.05) is 6.54 Å². The molecule has 0 unspecified atom stereocenters.